The number of amides is 1. The quantitative estimate of drug-likeness (QED) is 0.647. The van der Waals surface area contributed by atoms with E-state index in [0.717, 1.165) is 31.4 Å². The number of likely N-dealkylation sites (N-methyl/N-ethyl adjacent to an activating group) is 1. The number of carbonyl (C=O) groups is 1. The van der Waals surface area contributed by atoms with Gasteiger partial charge in [0.1, 0.15) is 4.90 Å². The number of halogens is 4. The standard InChI is InChI=1S/C20H27ClF3N3O3S/c1-3-4-17(19(25)28)26(2)16-7-5-12-10-27(11-14(12)16)31(29,30)18-8-6-13(9-15(18)21)20(22,23)24/h6,8-9,12,14,16-17H,3-5,7,10-11H2,1-2H3,(H2,25,28)/t12-,14+,16+,17+/m1/s1. The van der Waals surface area contributed by atoms with Crippen molar-refractivity contribution in [3.63, 3.8) is 0 Å². The minimum absolute atomic E-state index is 0.0114. The minimum atomic E-state index is -4.61. The molecule has 2 aliphatic rings. The lowest BCUT2D eigenvalue weighted by atomic mass is 9.95. The van der Waals surface area contributed by atoms with Gasteiger partial charge in [-0.3, -0.25) is 9.69 Å². The number of hydrogen-bond acceptors (Lipinski definition) is 4. The Kier molecular flexibility index (Phi) is 6.96. The van der Waals surface area contributed by atoms with Gasteiger partial charge in [-0.2, -0.15) is 17.5 Å². The third-order valence-corrected chi connectivity index (χ3v) is 8.88. The fourth-order valence-electron chi connectivity index (χ4n) is 4.97. The molecule has 1 amide bonds. The summed E-state index contributed by atoms with van der Waals surface area (Å²) in [5.74, 6) is -0.260. The number of benzene rings is 1. The highest BCUT2D eigenvalue weighted by molar-refractivity contribution is 7.89. The van der Waals surface area contributed by atoms with Crippen molar-refractivity contribution in [2.24, 2.45) is 17.6 Å². The summed E-state index contributed by atoms with van der Waals surface area (Å²) in [5.41, 5.74) is 4.58. The Morgan fingerprint density at radius 1 is 1.32 bits per heavy atom. The molecule has 0 bridgehead atoms. The molecule has 1 saturated heterocycles. The van der Waals surface area contributed by atoms with Crippen LogP contribution in [0.2, 0.25) is 5.02 Å². The molecule has 6 nitrogen and oxygen atoms in total. The van der Waals surface area contributed by atoms with Crippen LogP contribution in [-0.2, 0) is 21.0 Å². The lowest BCUT2D eigenvalue weighted by Crippen LogP contribution is -2.49. The Bertz CT molecular complexity index is 941. The second kappa shape index (κ2) is 8.88. The molecule has 2 N–H and O–H groups in total. The molecule has 1 aliphatic heterocycles. The number of alkyl halides is 3. The van der Waals surface area contributed by atoms with Gasteiger partial charge >= 0.3 is 6.18 Å². The molecule has 0 spiro atoms. The summed E-state index contributed by atoms with van der Waals surface area (Å²) in [4.78, 5) is 13.5. The van der Waals surface area contributed by atoms with Gasteiger partial charge in [0.2, 0.25) is 15.9 Å². The summed E-state index contributed by atoms with van der Waals surface area (Å²) in [6, 6.07) is 1.89. The fraction of sp³-hybridized carbons (Fsp3) is 0.650. The van der Waals surface area contributed by atoms with E-state index >= 15 is 0 Å². The highest BCUT2D eigenvalue weighted by atomic mass is 35.5. The van der Waals surface area contributed by atoms with E-state index in [1.54, 1.807) is 0 Å². The zero-order valence-electron chi connectivity index (χ0n) is 17.4. The average Bonchev–Trinajstić information content (AvgIpc) is 3.25. The predicted octanol–water partition coefficient (Wildman–Crippen LogP) is 3.34. The molecule has 1 saturated carbocycles. The second-order valence-corrected chi connectivity index (χ2v) is 10.7. The van der Waals surface area contributed by atoms with Crippen molar-refractivity contribution >= 4 is 27.5 Å². The van der Waals surface area contributed by atoms with Crippen molar-refractivity contribution in [2.75, 3.05) is 20.1 Å². The van der Waals surface area contributed by atoms with Gasteiger partial charge < -0.3 is 5.73 Å². The summed E-state index contributed by atoms with van der Waals surface area (Å²) in [6.07, 6.45) is -1.53. The van der Waals surface area contributed by atoms with Crippen LogP contribution in [0.4, 0.5) is 13.2 Å². The molecule has 2 fully saturated rings. The van der Waals surface area contributed by atoms with Crippen molar-refractivity contribution in [1.29, 1.82) is 0 Å². The van der Waals surface area contributed by atoms with Crippen LogP contribution >= 0.6 is 11.6 Å². The first-order chi connectivity index (χ1) is 14.4. The number of fused-ring (bicyclic) bond motifs is 1. The molecule has 0 unspecified atom stereocenters. The van der Waals surface area contributed by atoms with Gasteiger partial charge in [-0.15, -0.1) is 0 Å². The van der Waals surface area contributed by atoms with Crippen molar-refractivity contribution in [2.45, 2.75) is 55.8 Å². The molecule has 31 heavy (non-hydrogen) atoms. The zero-order valence-corrected chi connectivity index (χ0v) is 19.0. The predicted molar refractivity (Wildman–Crippen MR) is 111 cm³/mol. The van der Waals surface area contributed by atoms with E-state index in [0.29, 0.717) is 12.5 Å². The van der Waals surface area contributed by atoms with Gasteiger partial charge in [0, 0.05) is 19.1 Å². The number of nitrogens with two attached hydrogens (primary N) is 1. The molecule has 174 valence electrons. The third kappa shape index (κ3) is 4.72. The topological polar surface area (TPSA) is 83.7 Å². The van der Waals surface area contributed by atoms with E-state index < -0.39 is 38.7 Å². The Morgan fingerprint density at radius 2 is 2.00 bits per heavy atom. The first kappa shape index (κ1) is 24.3. The smallest absolute Gasteiger partial charge is 0.368 e. The maximum Gasteiger partial charge on any atom is 0.416 e. The van der Waals surface area contributed by atoms with E-state index in [1.807, 2.05) is 18.9 Å². The van der Waals surface area contributed by atoms with Crippen LogP contribution in [0.5, 0.6) is 0 Å². The maximum atomic E-state index is 13.1. The number of rotatable bonds is 7. The van der Waals surface area contributed by atoms with E-state index in [-0.39, 0.29) is 35.9 Å². The Balaban J connectivity index is 1.80. The Labute approximate surface area is 185 Å². The third-order valence-electron chi connectivity index (χ3n) is 6.57. The SMILES string of the molecule is CCC[C@@H](C(N)=O)N(C)[C@H]1CC[C@@H]2CN(S(=O)(=O)c3ccc(C(F)(F)F)cc3Cl)C[C@@H]21. The molecular formula is C20H27ClF3N3O3S. The lowest BCUT2D eigenvalue weighted by Gasteiger charge is -2.34. The number of nitrogens with zero attached hydrogens (tertiary/aromatic N) is 2. The highest BCUT2D eigenvalue weighted by Gasteiger charge is 2.49. The van der Waals surface area contributed by atoms with Crippen LogP contribution in [0.25, 0.3) is 0 Å². The van der Waals surface area contributed by atoms with Gasteiger partial charge in [0.15, 0.2) is 0 Å². The zero-order chi connectivity index (χ0) is 23.1. The summed E-state index contributed by atoms with van der Waals surface area (Å²) in [7, 11) is -2.20. The van der Waals surface area contributed by atoms with E-state index in [1.165, 1.54) is 4.31 Å². The molecule has 1 heterocycles. The average molecular weight is 482 g/mol. The van der Waals surface area contributed by atoms with Crippen molar-refractivity contribution in [1.82, 2.24) is 9.21 Å². The first-order valence-electron chi connectivity index (χ1n) is 10.3. The maximum absolute atomic E-state index is 13.1. The minimum Gasteiger partial charge on any atom is -0.368 e. The summed E-state index contributed by atoms with van der Waals surface area (Å²) in [6.45, 7) is 2.49. The van der Waals surface area contributed by atoms with E-state index in [9.17, 15) is 26.4 Å². The lowest BCUT2D eigenvalue weighted by molar-refractivity contribution is -0.137. The monoisotopic (exact) mass is 481 g/mol. The number of hydrogen-bond donors (Lipinski definition) is 1. The molecule has 3 rings (SSSR count). The van der Waals surface area contributed by atoms with E-state index in [2.05, 4.69) is 0 Å². The number of primary amides is 1. The van der Waals surface area contributed by atoms with Gasteiger partial charge in [0.25, 0.3) is 0 Å². The van der Waals surface area contributed by atoms with Crippen LogP contribution in [-0.4, -0.2) is 55.8 Å². The van der Waals surface area contributed by atoms with Crippen molar-refractivity contribution in [3.8, 4) is 0 Å². The van der Waals surface area contributed by atoms with Crippen molar-refractivity contribution < 1.29 is 26.4 Å². The summed E-state index contributed by atoms with van der Waals surface area (Å²) < 4.78 is 66.3. The fourth-order valence-corrected chi connectivity index (χ4v) is 7.03. The Hall–Kier alpha value is -1.36. The molecule has 1 aromatic carbocycles. The summed E-state index contributed by atoms with van der Waals surface area (Å²) in [5, 5.41) is -0.447. The highest BCUT2D eigenvalue weighted by Crippen LogP contribution is 2.43. The molecule has 0 radical (unpaired) electrons. The molecule has 0 aromatic heterocycles. The molecule has 4 atom stereocenters. The molecular weight excluding hydrogens is 455 g/mol. The van der Waals surface area contributed by atoms with Crippen LogP contribution in [0.1, 0.15) is 38.2 Å². The molecule has 11 heteroatoms. The first-order valence-corrected chi connectivity index (χ1v) is 12.1. The normalized spacial score (nSPS) is 25.7. The number of carbonyl (C=O) groups excluding carboxylic acids is 1. The van der Waals surface area contributed by atoms with Gasteiger partial charge in [-0.25, -0.2) is 8.42 Å². The van der Waals surface area contributed by atoms with Gasteiger partial charge in [0.05, 0.1) is 16.6 Å². The number of sulfonamides is 1. The van der Waals surface area contributed by atoms with Gasteiger partial charge in [-0.1, -0.05) is 24.9 Å². The molecule has 1 aliphatic carbocycles. The van der Waals surface area contributed by atoms with Crippen LogP contribution < -0.4 is 5.73 Å². The van der Waals surface area contributed by atoms with Crippen molar-refractivity contribution in [3.05, 3.63) is 28.8 Å². The second-order valence-electron chi connectivity index (χ2n) is 8.41. The van der Waals surface area contributed by atoms with Crippen LogP contribution in [0.3, 0.4) is 0 Å². The van der Waals surface area contributed by atoms with Crippen LogP contribution in [0.15, 0.2) is 23.1 Å². The largest absolute Gasteiger partial charge is 0.416 e. The van der Waals surface area contributed by atoms with E-state index in [4.69, 9.17) is 17.3 Å². The van der Waals surface area contributed by atoms with Gasteiger partial charge in [-0.05, 0) is 56.3 Å². The summed E-state index contributed by atoms with van der Waals surface area (Å²) >= 11 is 5.94. The Morgan fingerprint density at radius 3 is 2.55 bits per heavy atom. The van der Waals surface area contributed by atoms with Crippen LogP contribution in [0, 0.1) is 11.8 Å². The molecule has 1 aromatic rings.